The van der Waals surface area contributed by atoms with Crippen molar-refractivity contribution in [3.63, 3.8) is 0 Å². The molecule has 0 bridgehead atoms. The van der Waals surface area contributed by atoms with Crippen LogP contribution in [0.25, 0.3) is 11.1 Å². The van der Waals surface area contributed by atoms with Gasteiger partial charge in [-0.1, -0.05) is 20.7 Å². The van der Waals surface area contributed by atoms with Gasteiger partial charge in [0.2, 0.25) is 0 Å². The van der Waals surface area contributed by atoms with E-state index in [1.807, 2.05) is 12.1 Å². The van der Waals surface area contributed by atoms with E-state index in [-0.39, 0.29) is 11.5 Å². The van der Waals surface area contributed by atoms with E-state index in [1.54, 1.807) is 39.7 Å². The predicted molar refractivity (Wildman–Crippen MR) is 121 cm³/mol. The van der Waals surface area contributed by atoms with Crippen LogP contribution in [0.1, 0.15) is 47.1 Å². The summed E-state index contributed by atoms with van der Waals surface area (Å²) in [5, 5.41) is 3.69. The minimum atomic E-state index is -0.303. The van der Waals surface area contributed by atoms with Crippen LogP contribution in [-0.4, -0.2) is 12.6 Å². The zero-order chi connectivity index (χ0) is 20.8. The first kappa shape index (κ1) is 19.9. The Labute approximate surface area is 178 Å². The third-order valence-corrected chi connectivity index (χ3v) is 7.81. The molecule has 0 fully saturated rings. The van der Waals surface area contributed by atoms with E-state index < -0.39 is 0 Å². The van der Waals surface area contributed by atoms with Crippen LogP contribution >= 0.6 is 20.7 Å². The molecular weight excluding hydrogens is 400 g/mol. The van der Waals surface area contributed by atoms with E-state index in [4.69, 9.17) is 9.73 Å². The molecule has 0 amide bonds. The van der Waals surface area contributed by atoms with Crippen molar-refractivity contribution in [2.24, 2.45) is 4.99 Å². The summed E-state index contributed by atoms with van der Waals surface area (Å²) in [4.78, 5) is 18.1. The Morgan fingerprint density at radius 3 is 2.48 bits per heavy atom. The van der Waals surface area contributed by atoms with Crippen LogP contribution in [0, 0.1) is 13.8 Å². The van der Waals surface area contributed by atoms with Gasteiger partial charge in [-0.15, -0.1) is 0 Å². The predicted octanol–water partition coefficient (Wildman–Crippen LogP) is 6.16. The highest BCUT2D eigenvalue weighted by Crippen LogP contribution is 2.46. The highest BCUT2D eigenvalue weighted by Gasteiger charge is 2.33. The smallest absolute Gasteiger partial charge is 0.338 e. The first-order chi connectivity index (χ1) is 13.8. The number of nitrogens with zero attached hydrogens (tertiary/aromatic N) is 1. The second-order valence-corrected chi connectivity index (χ2v) is 9.92. The molecule has 0 unspecified atom stereocenters. The fourth-order valence-electron chi connectivity index (χ4n) is 3.51. The van der Waals surface area contributed by atoms with E-state index >= 15 is 0 Å². The highest BCUT2D eigenvalue weighted by atomic mass is 32.9. The molecule has 4 nitrogen and oxygen atoms in total. The first-order valence-electron chi connectivity index (χ1n) is 9.65. The largest absolute Gasteiger partial charge is 0.462 e. The number of anilines is 1. The number of carbonyl (C=O) groups is 1. The molecule has 1 aliphatic heterocycles. The maximum absolute atomic E-state index is 11.9. The van der Waals surface area contributed by atoms with Crippen molar-refractivity contribution in [1.29, 1.82) is 0 Å². The van der Waals surface area contributed by atoms with Gasteiger partial charge in [0.15, 0.2) is 0 Å². The fourth-order valence-corrected chi connectivity index (χ4v) is 6.45. The molecule has 4 rings (SSSR count). The van der Waals surface area contributed by atoms with E-state index in [0.717, 1.165) is 16.0 Å². The van der Waals surface area contributed by atoms with Gasteiger partial charge in [-0.25, -0.2) is 9.79 Å². The van der Waals surface area contributed by atoms with Gasteiger partial charge in [-0.3, -0.25) is 0 Å². The normalized spacial score (nSPS) is 14.7. The van der Waals surface area contributed by atoms with Crippen LogP contribution in [-0.2, 0) is 10.3 Å². The Kier molecular flexibility index (Phi) is 5.09. The maximum atomic E-state index is 11.9. The quantitative estimate of drug-likeness (QED) is 0.404. The van der Waals surface area contributed by atoms with Gasteiger partial charge in [-0.2, -0.15) is 0 Å². The molecule has 0 aliphatic carbocycles. The summed E-state index contributed by atoms with van der Waals surface area (Å²) in [6.45, 7) is 10.9. The maximum Gasteiger partial charge on any atom is 0.338 e. The molecule has 150 valence electrons. The molecular formula is C23H24N2O2S2. The molecule has 0 spiro atoms. The topological polar surface area (TPSA) is 50.7 Å². The van der Waals surface area contributed by atoms with Crippen molar-refractivity contribution < 1.29 is 9.53 Å². The lowest BCUT2D eigenvalue weighted by atomic mass is 9.88. The second kappa shape index (κ2) is 7.43. The molecule has 0 saturated heterocycles. The lowest BCUT2D eigenvalue weighted by Gasteiger charge is -2.33. The number of esters is 1. The van der Waals surface area contributed by atoms with E-state index in [0.29, 0.717) is 12.2 Å². The van der Waals surface area contributed by atoms with Gasteiger partial charge >= 0.3 is 5.97 Å². The second-order valence-electron chi connectivity index (χ2n) is 7.79. The number of hydrogen-bond donors (Lipinski definition) is 1. The molecule has 1 N–H and O–H groups in total. The highest BCUT2D eigenvalue weighted by molar-refractivity contribution is 7.68. The van der Waals surface area contributed by atoms with Crippen LogP contribution in [0.3, 0.4) is 0 Å². The fraction of sp³-hybridized carbons (Fsp3) is 0.304. The number of benzene rings is 2. The molecule has 3 aromatic rings. The number of nitrogens with one attached hydrogen (secondary N) is 1. The van der Waals surface area contributed by atoms with Crippen molar-refractivity contribution in [3.8, 4) is 11.1 Å². The average Bonchev–Trinajstić information content (AvgIpc) is 3.09. The molecule has 2 aromatic carbocycles. The Morgan fingerprint density at radius 2 is 1.79 bits per heavy atom. The first-order valence-corrected chi connectivity index (χ1v) is 11.8. The van der Waals surface area contributed by atoms with Gasteiger partial charge in [0.1, 0.15) is 4.67 Å². The van der Waals surface area contributed by atoms with Crippen LogP contribution in [0.15, 0.2) is 41.4 Å². The van der Waals surface area contributed by atoms with Crippen molar-refractivity contribution >= 4 is 38.0 Å². The monoisotopic (exact) mass is 424 g/mol. The molecule has 0 radical (unpaired) electrons. The Balaban J connectivity index is 1.83. The van der Waals surface area contributed by atoms with Gasteiger partial charge in [0.25, 0.3) is 0 Å². The summed E-state index contributed by atoms with van der Waals surface area (Å²) >= 11 is 0. The summed E-state index contributed by atoms with van der Waals surface area (Å²) in [6, 6.07) is 11.8. The number of hydrogen-bond acceptors (Lipinski definition) is 6. The molecule has 1 aromatic heterocycles. The van der Waals surface area contributed by atoms with Crippen molar-refractivity contribution in [3.05, 3.63) is 62.6 Å². The summed E-state index contributed by atoms with van der Waals surface area (Å²) in [5.41, 5.74) is 7.37. The van der Waals surface area contributed by atoms with Crippen LogP contribution in [0.5, 0.6) is 0 Å². The van der Waals surface area contributed by atoms with Crippen LogP contribution in [0.4, 0.5) is 11.4 Å². The number of aryl methyl sites for hydroxylation is 2. The lowest BCUT2D eigenvalue weighted by molar-refractivity contribution is 0.0526. The summed E-state index contributed by atoms with van der Waals surface area (Å²) < 4.78 is 6.07. The summed E-state index contributed by atoms with van der Waals surface area (Å²) in [5.74, 6) is -0.303. The van der Waals surface area contributed by atoms with Crippen molar-refractivity contribution in [2.75, 3.05) is 11.9 Å². The summed E-state index contributed by atoms with van der Waals surface area (Å²) in [6.07, 6.45) is 0. The Morgan fingerprint density at radius 1 is 1.10 bits per heavy atom. The van der Waals surface area contributed by atoms with Gasteiger partial charge in [-0.05, 0) is 82.1 Å². The lowest BCUT2D eigenvalue weighted by Crippen LogP contribution is -2.31. The molecule has 0 saturated carbocycles. The number of rotatable bonds is 3. The zero-order valence-corrected chi connectivity index (χ0v) is 18.9. The van der Waals surface area contributed by atoms with Gasteiger partial charge in [0, 0.05) is 16.8 Å². The number of ether oxygens (including phenoxy) is 1. The SMILES string of the molecule is CCOC(=O)c1ccc(N=c2ssc3c2-c2cc(C)c(C)cc2NC3(C)C)cc1. The Hall–Kier alpha value is -2.44. The van der Waals surface area contributed by atoms with Crippen molar-refractivity contribution in [1.82, 2.24) is 0 Å². The number of fused-ring (bicyclic) bond motifs is 3. The molecule has 29 heavy (non-hydrogen) atoms. The molecule has 1 aliphatic rings. The van der Waals surface area contributed by atoms with Crippen LogP contribution in [0.2, 0.25) is 0 Å². The third-order valence-electron chi connectivity index (χ3n) is 5.17. The molecule has 2 heterocycles. The molecule has 6 heteroatoms. The standard InChI is InChI=1S/C23H24N2O2S2/c1-6-27-22(26)15-7-9-16(10-8-15)24-21-19-17-11-13(2)14(3)12-18(17)25-23(4,5)20(19)28-29-21/h7-12,25H,6H2,1-5H3. The van der Waals surface area contributed by atoms with E-state index in [9.17, 15) is 4.79 Å². The Bertz CT molecular complexity index is 1150. The zero-order valence-electron chi connectivity index (χ0n) is 17.3. The van der Waals surface area contributed by atoms with Gasteiger partial charge < -0.3 is 10.1 Å². The third kappa shape index (κ3) is 3.63. The minimum absolute atomic E-state index is 0.146. The molecule has 0 atom stereocenters. The van der Waals surface area contributed by atoms with Crippen molar-refractivity contribution in [2.45, 2.75) is 40.2 Å². The number of carbonyl (C=O) groups excluding carboxylic acids is 1. The summed E-state index contributed by atoms with van der Waals surface area (Å²) in [7, 11) is 3.48. The average molecular weight is 425 g/mol. The minimum Gasteiger partial charge on any atom is -0.462 e. The van der Waals surface area contributed by atoms with E-state index in [1.165, 1.54) is 27.1 Å². The van der Waals surface area contributed by atoms with Crippen LogP contribution < -0.4 is 9.99 Å². The van der Waals surface area contributed by atoms with Gasteiger partial charge in [0.05, 0.1) is 28.3 Å². The van der Waals surface area contributed by atoms with E-state index in [2.05, 4.69) is 45.1 Å².